The molecule has 0 saturated carbocycles. The van der Waals surface area contributed by atoms with Crippen molar-refractivity contribution in [3.63, 3.8) is 0 Å². The molecule has 0 radical (unpaired) electrons. The second kappa shape index (κ2) is 40.7. The first-order valence-corrected chi connectivity index (χ1v) is 36.4. The lowest BCUT2D eigenvalue weighted by Gasteiger charge is -2.51. The molecule has 0 aliphatic carbocycles. The summed E-state index contributed by atoms with van der Waals surface area (Å²) in [6.07, 6.45) is -17.6. The lowest BCUT2D eigenvalue weighted by atomic mass is 9.95. The van der Waals surface area contributed by atoms with E-state index >= 15 is 0 Å². The Morgan fingerprint density at radius 3 is 1.73 bits per heavy atom. The van der Waals surface area contributed by atoms with Crippen molar-refractivity contribution in [2.75, 3.05) is 0 Å². The summed E-state index contributed by atoms with van der Waals surface area (Å²) in [6.45, 7) is 15.4. The van der Waals surface area contributed by atoms with Gasteiger partial charge in [0.05, 0.1) is 42.5 Å². The van der Waals surface area contributed by atoms with Gasteiger partial charge in [-0.25, -0.2) is 4.79 Å². The number of aliphatic hydroxyl groups excluding tert-OH is 7. The fourth-order valence-electron chi connectivity index (χ4n) is 13.3. The third-order valence-corrected chi connectivity index (χ3v) is 19.6. The van der Waals surface area contributed by atoms with Gasteiger partial charge in [-0.2, -0.15) is 0 Å². The van der Waals surface area contributed by atoms with Crippen LogP contribution in [0.15, 0.2) is 36.4 Å². The Bertz CT molecular complexity index is 2490. The van der Waals surface area contributed by atoms with Crippen molar-refractivity contribution in [3.8, 4) is 0 Å². The maximum Gasteiger partial charge on any atom is 0.331 e. The van der Waals surface area contributed by atoms with Gasteiger partial charge in [0.25, 0.3) is 0 Å². The molecule has 6 aliphatic rings. The summed E-state index contributed by atoms with van der Waals surface area (Å²) in [6, 6.07) is 8.90. The Morgan fingerprint density at radius 1 is 0.495 bits per heavy atom. The van der Waals surface area contributed by atoms with E-state index in [2.05, 4.69) is 13.8 Å². The van der Waals surface area contributed by atoms with Gasteiger partial charge in [-0.3, -0.25) is 14.4 Å². The number of hydrogen-bond acceptors (Lipinski definition) is 25. The maximum absolute atomic E-state index is 14.5. The van der Waals surface area contributed by atoms with E-state index in [1.54, 1.807) is 45.0 Å². The minimum Gasteiger partial charge on any atom is -0.455 e. The standard InChI is InChI=1S/C72H116O25/c1-10-13-15-16-17-18-21-24-32-38-50(74)92-66-65(97-68-56(80)54(78)52(76)42(5)84-68)61(95-69-58(82)62(60(45(8)86-69)93-67(83)41(4)12-3)90-51(75)40-39-47-33-28-26-29-34-47)46(9)88-72(66)94-59-44(7)87-71-64(57(59)81)91-49(73)37-31-25-22-19-20-23-30-36-48(35-27-14-11-2)89-70-63(96-71)55(79)53(77)43(6)85-70/h26,28-29,33-34,39-46,48,52-66,68-72,76-82H,10-25,27,30-32,35-38H2,1-9H3. The highest BCUT2D eigenvalue weighted by Gasteiger charge is 2.59. The number of fused-ring (bicyclic) bond motifs is 2. The van der Waals surface area contributed by atoms with E-state index in [9.17, 15) is 54.9 Å². The molecule has 1 aromatic carbocycles. The van der Waals surface area contributed by atoms with E-state index in [0.717, 1.165) is 109 Å². The average molecular weight is 1380 g/mol. The molecule has 0 spiro atoms. The van der Waals surface area contributed by atoms with E-state index in [1.165, 1.54) is 33.8 Å². The third kappa shape index (κ3) is 23.3. The number of esters is 4. The molecule has 6 fully saturated rings. The van der Waals surface area contributed by atoms with Gasteiger partial charge in [0.2, 0.25) is 0 Å². The molecule has 6 saturated heterocycles. The van der Waals surface area contributed by atoms with E-state index < -0.39 is 183 Å². The molecule has 6 heterocycles. The van der Waals surface area contributed by atoms with E-state index in [0.29, 0.717) is 44.1 Å². The van der Waals surface area contributed by atoms with E-state index in [1.807, 2.05) is 6.07 Å². The molecule has 25 heteroatoms. The summed E-state index contributed by atoms with van der Waals surface area (Å²) < 4.78 is 89.7. The van der Waals surface area contributed by atoms with Crippen LogP contribution >= 0.6 is 0 Å². The summed E-state index contributed by atoms with van der Waals surface area (Å²) in [4.78, 5) is 55.8. The molecule has 97 heavy (non-hydrogen) atoms. The Kier molecular flexibility index (Phi) is 33.8. The van der Waals surface area contributed by atoms with Crippen LogP contribution in [0.2, 0.25) is 0 Å². The summed E-state index contributed by atoms with van der Waals surface area (Å²) in [5, 5.41) is 82.1. The number of hydrogen-bond donors (Lipinski definition) is 7. The van der Waals surface area contributed by atoms with Crippen molar-refractivity contribution in [1.29, 1.82) is 0 Å². The largest absolute Gasteiger partial charge is 0.455 e. The summed E-state index contributed by atoms with van der Waals surface area (Å²) in [7, 11) is 0. The fraction of sp³-hybridized carbons (Fsp3) is 0.833. The van der Waals surface area contributed by atoms with Crippen molar-refractivity contribution < 1.29 is 121 Å². The molecule has 7 rings (SSSR count). The van der Waals surface area contributed by atoms with E-state index in [-0.39, 0.29) is 18.9 Å². The fourth-order valence-corrected chi connectivity index (χ4v) is 13.3. The SMILES string of the molecule is CCCCCCCCCCCC(=O)OC1C(OC2C(C)OC3OC4C(OC(CCCCC)CCCCCCCCCC(=O)OC3C2O)OC(C)C(O)C4O)OC(C)C(OC2OC(C)C(OC(=O)C(C)CC)C(OC(=O)C=Cc3ccccc3)C2O)C1OC1OC(C)C(O)C(O)C1O. The van der Waals surface area contributed by atoms with Gasteiger partial charge < -0.3 is 102 Å². The molecule has 0 aromatic heterocycles. The van der Waals surface area contributed by atoms with Gasteiger partial charge in [0.15, 0.2) is 55.9 Å². The Labute approximate surface area is 573 Å². The van der Waals surface area contributed by atoms with Gasteiger partial charge in [-0.1, -0.05) is 167 Å². The van der Waals surface area contributed by atoms with Crippen LogP contribution in [-0.4, -0.2) is 219 Å². The van der Waals surface area contributed by atoms with Crippen LogP contribution in [0, 0.1) is 5.92 Å². The van der Waals surface area contributed by atoms with Crippen molar-refractivity contribution >= 4 is 30.0 Å². The highest BCUT2D eigenvalue weighted by molar-refractivity contribution is 5.87. The third-order valence-electron chi connectivity index (χ3n) is 19.6. The van der Waals surface area contributed by atoms with Crippen molar-refractivity contribution in [2.24, 2.45) is 5.92 Å². The lowest BCUT2D eigenvalue weighted by Crippen LogP contribution is -2.68. The van der Waals surface area contributed by atoms with Gasteiger partial charge >= 0.3 is 23.9 Å². The monoisotopic (exact) mass is 1380 g/mol. The van der Waals surface area contributed by atoms with Crippen LogP contribution in [-0.2, 0) is 85.5 Å². The normalized spacial score (nSPS) is 38.5. The average Bonchev–Trinajstić information content (AvgIpc) is 0.768. The minimum absolute atomic E-state index is 0.0375. The van der Waals surface area contributed by atoms with Crippen LogP contribution in [0.1, 0.15) is 222 Å². The number of carbonyl (C=O) groups excluding carboxylic acids is 4. The molecule has 6 aliphatic heterocycles. The second-order valence-corrected chi connectivity index (χ2v) is 27.5. The molecule has 7 N–H and O–H groups in total. The molecule has 554 valence electrons. The van der Waals surface area contributed by atoms with Crippen LogP contribution in [0.3, 0.4) is 0 Å². The number of ether oxygens (including phenoxy) is 14. The number of unbranched alkanes of at least 4 members (excludes halogenated alkanes) is 10. The first-order chi connectivity index (χ1) is 46.5. The highest BCUT2D eigenvalue weighted by atomic mass is 16.8. The first-order valence-electron chi connectivity index (χ1n) is 36.4. The highest BCUT2D eigenvalue weighted by Crippen LogP contribution is 2.40. The van der Waals surface area contributed by atoms with Gasteiger partial charge in [-0.15, -0.1) is 0 Å². The smallest absolute Gasteiger partial charge is 0.331 e. The van der Waals surface area contributed by atoms with Crippen molar-refractivity contribution in [1.82, 2.24) is 0 Å². The Morgan fingerprint density at radius 2 is 1.04 bits per heavy atom. The molecular formula is C72H116O25. The zero-order valence-electron chi connectivity index (χ0n) is 58.6. The molecule has 27 atom stereocenters. The Balaban J connectivity index is 1.24. The molecule has 0 amide bonds. The van der Waals surface area contributed by atoms with Crippen molar-refractivity contribution in [2.45, 2.75) is 376 Å². The second-order valence-electron chi connectivity index (χ2n) is 27.5. The quantitative estimate of drug-likeness (QED) is 0.0193. The number of benzene rings is 1. The zero-order chi connectivity index (χ0) is 70.3. The Hall–Kier alpha value is -3.84. The van der Waals surface area contributed by atoms with Crippen molar-refractivity contribution in [3.05, 3.63) is 42.0 Å². The summed E-state index contributed by atoms with van der Waals surface area (Å²) in [5.74, 6) is -3.63. The van der Waals surface area contributed by atoms with E-state index in [4.69, 9.17) is 66.3 Å². The minimum atomic E-state index is -1.94. The molecule has 1 aromatic rings. The summed E-state index contributed by atoms with van der Waals surface area (Å²) in [5.41, 5.74) is 0.666. The molecule has 0 bridgehead atoms. The van der Waals surface area contributed by atoms with Crippen LogP contribution in [0.5, 0.6) is 0 Å². The van der Waals surface area contributed by atoms with Crippen LogP contribution in [0.4, 0.5) is 0 Å². The number of rotatable bonds is 27. The van der Waals surface area contributed by atoms with Gasteiger partial charge in [0.1, 0.15) is 67.1 Å². The maximum atomic E-state index is 14.5. The van der Waals surface area contributed by atoms with Crippen LogP contribution < -0.4 is 0 Å². The molecule has 25 nitrogen and oxygen atoms in total. The van der Waals surface area contributed by atoms with Gasteiger partial charge in [-0.05, 0) is 78.4 Å². The summed E-state index contributed by atoms with van der Waals surface area (Å²) >= 11 is 0. The first kappa shape index (κ1) is 80.5. The predicted octanol–water partition coefficient (Wildman–Crippen LogP) is 7.60. The lowest BCUT2D eigenvalue weighted by molar-refractivity contribution is -0.399. The number of carbonyl (C=O) groups is 4. The van der Waals surface area contributed by atoms with Gasteiger partial charge in [0, 0.05) is 18.9 Å². The molecular weight excluding hydrogens is 1260 g/mol. The molecule has 27 unspecified atom stereocenters. The zero-order valence-corrected chi connectivity index (χ0v) is 58.6. The predicted molar refractivity (Wildman–Crippen MR) is 350 cm³/mol. The topological polar surface area (TPSA) is 339 Å². The number of aliphatic hydroxyl groups is 7. The van der Waals surface area contributed by atoms with Crippen LogP contribution in [0.25, 0.3) is 6.08 Å².